The van der Waals surface area contributed by atoms with Crippen LogP contribution in [0.15, 0.2) is 12.4 Å². The zero-order valence-electron chi connectivity index (χ0n) is 17.0. The minimum atomic E-state index is -4.48. The lowest BCUT2D eigenvalue weighted by molar-refractivity contribution is -0.141. The smallest absolute Gasteiger partial charge is 0.355 e. The van der Waals surface area contributed by atoms with Crippen LogP contribution in [-0.4, -0.2) is 70.5 Å². The molecule has 164 valence electrons. The van der Waals surface area contributed by atoms with Crippen LogP contribution in [0.1, 0.15) is 39.3 Å². The molecule has 10 heteroatoms. The molecule has 1 aromatic rings. The molecule has 2 fully saturated rings. The molecule has 29 heavy (non-hydrogen) atoms. The van der Waals surface area contributed by atoms with Gasteiger partial charge in [-0.15, -0.1) is 12.4 Å². The first kappa shape index (κ1) is 23.7. The number of carbonyl (C=O) groups is 1. The summed E-state index contributed by atoms with van der Waals surface area (Å²) in [6.45, 7) is 10.1. The Morgan fingerprint density at radius 3 is 2.24 bits per heavy atom. The summed E-state index contributed by atoms with van der Waals surface area (Å²) >= 11 is 0. The maximum Gasteiger partial charge on any atom is 0.434 e. The average Bonchev–Trinajstić information content (AvgIpc) is 2.66. The molecule has 3 rings (SSSR count). The molecular formula is C19H29ClF3N5O. The van der Waals surface area contributed by atoms with E-state index in [0.29, 0.717) is 43.8 Å². The van der Waals surface area contributed by atoms with Gasteiger partial charge in [0.2, 0.25) is 5.91 Å². The van der Waals surface area contributed by atoms with Crippen molar-refractivity contribution < 1.29 is 18.0 Å². The van der Waals surface area contributed by atoms with Crippen LogP contribution < -0.4 is 4.90 Å². The summed E-state index contributed by atoms with van der Waals surface area (Å²) in [5.74, 6) is 0.600. The third-order valence-electron chi connectivity index (χ3n) is 5.75. The van der Waals surface area contributed by atoms with Gasteiger partial charge in [0.1, 0.15) is 5.82 Å². The Morgan fingerprint density at radius 1 is 1.10 bits per heavy atom. The van der Waals surface area contributed by atoms with Gasteiger partial charge in [-0.05, 0) is 33.6 Å². The van der Waals surface area contributed by atoms with Crippen molar-refractivity contribution in [3.8, 4) is 0 Å². The lowest BCUT2D eigenvalue weighted by Crippen LogP contribution is -2.57. The van der Waals surface area contributed by atoms with Crippen molar-refractivity contribution in [1.29, 1.82) is 0 Å². The first-order chi connectivity index (χ1) is 13.2. The highest BCUT2D eigenvalue weighted by Crippen LogP contribution is 2.29. The summed E-state index contributed by atoms with van der Waals surface area (Å²) in [6.07, 6.45) is -1.19. The van der Waals surface area contributed by atoms with Gasteiger partial charge in [0.25, 0.3) is 0 Å². The third-order valence-corrected chi connectivity index (χ3v) is 5.75. The molecule has 6 nitrogen and oxygen atoms in total. The van der Waals surface area contributed by atoms with Gasteiger partial charge in [0.05, 0.1) is 12.4 Å². The molecule has 0 spiro atoms. The van der Waals surface area contributed by atoms with E-state index in [2.05, 4.69) is 35.6 Å². The van der Waals surface area contributed by atoms with Gasteiger partial charge in [-0.3, -0.25) is 9.69 Å². The summed E-state index contributed by atoms with van der Waals surface area (Å²) in [5.41, 5.74) is -0.990. The number of anilines is 1. The minimum absolute atomic E-state index is 0. The molecule has 0 unspecified atom stereocenters. The average molecular weight is 436 g/mol. The van der Waals surface area contributed by atoms with Gasteiger partial charge >= 0.3 is 6.18 Å². The van der Waals surface area contributed by atoms with Crippen molar-refractivity contribution in [2.45, 2.75) is 51.9 Å². The van der Waals surface area contributed by atoms with E-state index >= 15 is 0 Å². The van der Waals surface area contributed by atoms with Crippen molar-refractivity contribution in [1.82, 2.24) is 19.8 Å². The topological polar surface area (TPSA) is 52.6 Å². The predicted octanol–water partition coefficient (Wildman–Crippen LogP) is 3.07. The largest absolute Gasteiger partial charge is 0.434 e. The highest BCUT2D eigenvalue weighted by Gasteiger charge is 2.35. The Hall–Kier alpha value is -1.61. The lowest BCUT2D eigenvalue weighted by Gasteiger charge is -2.43. The Morgan fingerprint density at radius 2 is 1.76 bits per heavy atom. The monoisotopic (exact) mass is 435 g/mol. The summed E-state index contributed by atoms with van der Waals surface area (Å²) in [6, 6.07) is 0.820. The van der Waals surface area contributed by atoms with Crippen molar-refractivity contribution in [3.05, 3.63) is 18.1 Å². The number of hydrogen-bond acceptors (Lipinski definition) is 5. The molecule has 0 saturated carbocycles. The van der Waals surface area contributed by atoms with Crippen LogP contribution in [0.2, 0.25) is 0 Å². The maximum absolute atomic E-state index is 12.9. The molecule has 0 aliphatic carbocycles. The fourth-order valence-electron chi connectivity index (χ4n) is 4.18. The van der Waals surface area contributed by atoms with Gasteiger partial charge in [0.15, 0.2) is 5.69 Å². The summed E-state index contributed by atoms with van der Waals surface area (Å²) in [5, 5.41) is 0. The highest BCUT2D eigenvalue weighted by molar-refractivity contribution is 5.85. The predicted molar refractivity (Wildman–Crippen MR) is 107 cm³/mol. The Labute approximate surface area is 175 Å². The number of halogens is 4. The molecule has 0 N–H and O–H groups in total. The summed E-state index contributed by atoms with van der Waals surface area (Å²) in [4.78, 5) is 26.6. The van der Waals surface area contributed by atoms with Crippen LogP contribution in [0.4, 0.5) is 19.0 Å². The van der Waals surface area contributed by atoms with E-state index in [1.54, 1.807) is 0 Å². The number of alkyl halides is 3. The molecule has 2 aliphatic rings. The number of aromatic nitrogens is 2. The highest BCUT2D eigenvalue weighted by atomic mass is 35.5. The molecule has 1 aromatic heterocycles. The minimum Gasteiger partial charge on any atom is -0.355 e. The SMILES string of the molecule is CC(C)N1CCN(C(=O)C2CCN(c3cnc(C(F)(F)F)cn3)CC2)C[C@@H]1C.Cl. The zero-order chi connectivity index (χ0) is 20.5. The molecule has 0 aromatic carbocycles. The van der Waals surface area contributed by atoms with Crippen molar-refractivity contribution in [3.63, 3.8) is 0 Å². The van der Waals surface area contributed by atoms with E-state index < -0.39 is 11.9 Å². The molecule has 0 radical (unpaired) electrons. The second-order valence-electron chi connectivity index (χ2n) is 7.98. The molecule has 1 atom stereocenters. The van der Waals surface area contributed by atoms with Gasteiger partial charge in [0, 0.05) is 50.7 Å². The number of carbonyl (C=O) groups excluding carboxylic acids is 1. The molecule has 1 amide bonds. The first-order valence-corrected chi connectivity index (χ1v) is 9.85. The van der Waals surface area contributed by atoms with Gasteiger partial charge in [-0.1, -0.05) is 0 Å². The standard InChI is InChI=1S/C19H28F3N5O.ClH/c1-13(2)27-9-8-26(12-14(27)3)18(28)15-4-6-25(7-5-15)17-11-23-16(10-24-17)19(20,21)22;/h10-11,13-15H,4-9,12H2,1-3H3;1H/t14-;/m0./s1. The van der Waals surface area contributed by atoms with Crippen LogP contribution in [0.5, 0.6) is 0 Å². The van der Waals surface area contributed by atoms with Crippen molar-refractivity contribution in [2.75, 3.05) is 37.6 Å². The van der Waals surface area contributed by atoms with E-state index in [1.165, 1.54) is 0 Å². The van der Waals surface area contributed by atoms with Gasteiger partial charge in [-0.2, -0.15) is 13.2 Å². The van der Waals surface area contributed by atoms with Crippen LogP contribution in [0.25, 0.3) is 0 Å². The molecule has 2 saturated heterocycles. The van der Waals surface area contributed by atoms with Gasteiger partial charge in [-0.25, -0.2) is 9.97 Å². The van der Waals surface area contributed by atoms with E-state index in [-0.39, 0.29) is 24.2 Å². The third kappa shape index (κ3) is 5.51. The summed E-state index contributed by atoms with van der Waals surface area (Å²) < 4.78 is 37.8. The molecule has 2 aliphatic heterocycles. The Kier molecular flexibility index (Phi) is 7.73. The number of rotatable bonds is 3. The van der Waals surface area contributed by atoms with Gasteiger partial charge < -0.3 is 9.80 Å². The molecular weight excluding hydrogens is 407 g/mol. The Balaban J connectivity index is 0.00000300. The lowest BCUT2D eigenvalue weighted by atomic mass is 9.94. The van der Waals surface area contributed by atoms with E-state index in [4.69, 9.17) is 0 Å². The molecule has 0 bridgehead atoms. The normalized spacial score (nSPS) is 22.0. The van der Waals surface area contributed by atoms with Crippen LogP contribution in [0.3, 0.4) is 0 Å². The number of amides is 1. The van der Waals surface area contributed by atoms with E-state index in [1.807, 2.05) is 9.80 Å². The number of piperidine rings is 1. The summed E-state index contributed by atoms with van der Waals surface area (Å²) in [7, 11) is 0. The second-order valence-corrected chi connectivity index (χ2v) is 7.98. The quantitative estimate of drug-likeness (QED) is 0.730. The number of hydrogen-bond donors (Lipinski definition) is 0. The van der Waals surface area contributed by atoms with Crippen molar-refractivity contribution in [2.24, 2.45) is 5.92 Å². The van der Waals surface area contributed by atoms with Crippen LogP contribution in [-0.2, 0) is 11.0 Å². The van der Waals surface area contributed by atoms with Crippen molar-refractivity contribution >= 4 is 24.1 Å². The van der Waals surface area contributed by atoms with Crippen LogP contribution >= 0.6 is 12.4 Å². The van der Waals surface area contributed by atoms with E-state index in [9.17, 15) is 18.0 Å². The van der Waals surface area contributed by atoms with E-state index in [0.717, 1.165) is 32.0 Å². The maximum atomic E-state index is 12.9. The number of nitrogens with zero attached hydrogens (tertiary/aromatic N) is 5. The fraction of sp³-hybridized carbons (Fsp3) is 0.737. The fourth-order valence-corrected chi connectivity index (χ4v) is 4.18. The molecule has 3 heterocycles. The first-order valence-electron chi connectivity index (χ1n) is 9.85. The Bertz CT molecular complexity index is 677. The number of piperazine rings is 1. The van der Waals surface area contributed by atoms with Crippen LogP contribution in [0, 0.1) is 5.92 Å². The zero-order valence-corrected chi connectivity index (χ0v) is 17.8. The second kappa shape index (κ2) is 9.47.